The molecule has 5 rings (SSSR count). The van der Waals surface area contributed by atoms with Crippen molar-refractivity contribution < 1.29 is 14.3 Å². The number of benzene rings is 3. The van der Waals surface area contributed by atoms with E-state index in [1.54, 1.807) is 43.6 Å². The number of oxazole rings is 1. The van der Waals surface area contributed by atoms with Gasteiger partial charge in [0.25, 0.3) is 11.5 Å². The number of nitrogens with one attached hydrogen (secondary N) is 1. The first kappa shape index (κ1) is 29.8. The maximum absolute atomic E-state index is 13.1. The predicted molar refractivity (Wildman–Crippen MR) is 167 cm³/mol. The van der Waals surface area contributed by atoms with Gasteiger partial charge in [-0.3, -0.25) is 9.59 Å². The molecule has 0 aliphatic carbocycles. The van der Waals surface area contributed by atoms with E-state index >= 15 is 0 Å². The van der Waals surface area contributed by atoms with Crippen molar-refractivity contribution in [2.45, 2.75) is 27.4 Å². The molecule has 2 N–H and O–H groups in total. The Labute approximate surface area is 247 Å². The van der Waals surface area contributed by atoms with Crippen molar-refractivity contribution in [1.29, 1.82) is 0 Å². The maximum Gasteiger partial charge on any atom is 0.263 e. The van der Waals surface area contributed by atoms with E-state index in [0.29, 0.717) is 49.4 Å². The molecule has 7 nitrogen and oxygen atoms in total. The minimum Gasteiger partial charge on any atom is -0.434 e. The molecule has 0 fully saturated rings. The first-order valence-corrected chi connectivity index (χ1v) is 13.7. The minimum absolute atomic E-state index is 0.0199. The smallest absolute Gasteiger partial charge is 0.263 e. The molecule has 2 heterocycles. The van der Waals surface area contributed by atoms with Crippen LogP contribution in [-0.2, 0) is 13.7 Å². The summed E-state index contributed by atoms with van der Waals surface area (Å²) in [5.74, 6) is -0.200. The highest BCUT2D eigenvalue weighted by atomic mass is 35.5. The number of rotatable bonds is 6. The van der Waals surface area contributed by atoms with Gasteiger partial charge in [0.05, 0.1) is 22.3 Å². The van der Waals surface area contributed by atoms with Gasteiger partial charge >= 0.3 is 0 Å². The van der Waals surface area contributed by atoms with Gasteiger partial charge in [0.1, 0.15) is 11.1 Å². The van der Waals surface area contributed by atoms with Crippen molar-refractivity contribution in [2.75, 3.05) is 5.32 Å². The van der Waals surface area contributed by atoms with E-state index in [1.807, 2.05) is 45.0 Å². The molecule has 0 atom stereocenters. The Bertz CT molecular complexity index is 1840. The van der Waals surface area contributed by atoms with Crippen LogP contribution in [0.15, 0.2) is 76.6 Å². The Morgan fingerprint density at radius 1 is 1.10 bits per heavy atom. The van der Waals surface area contributed by atoms with Crippen molar-refractivity contribution >= 4 is 52.0 Å². The maximum atomic E-state index is 13.1. The van der Waals surface area contributed by atoms with E-state index in [1.165, 1.54) is 10.6 Å². The van der Waals surface area contributed by atoms with E-state index in [9.17, 15) is 14.7 Å². The average molecular weight is 591 g/mol. The number of pyridine rings is 1. The van der Waals surface area contributed by atoms with E-state index < -0.39 is 11.5 Å². The van der Waals surface area contributed by atoms with Crippen LogP contribution in [0.3, 0.4) is 0 Å². The summed E-state index contributed by atoms with van der Waals surface area (Å²) in [6.45, 7) is 9.47. The second kappa shape index (κ2) is 12.6. The molecule has 0 saturated heterocycles. The number of fused-ring (bicyclic) bond motifs is 1. The highest BCUT2D eigenvalue weighted by Gasteiger charge is 2.19. The third-order valence-corrected chi connectivity index (χ3v) is 7.16. The number of anilines is 1. The largest absolute Gasteiger partial charge is 0.434 e. The molecule has 3 aromatic carbocycles. The molecule has 5 aromatic rings. The zero-order valence-electron chi connectivity index (χ0n) is 23.1. The summed E-state index contributed by atoms with van der Waals surface area (Å²) in [4.78, 5) is 30.2. The summed E-state index contributed by atoms with van der Waals surface area (Å²) in [6.07, 6.45) is 3.17. The zero-order chi connectivity index (χ0) is 29.8. The summed E-state index contributed by atoms with van der Waals surface area (Å²) >= 11 is 13.1. The number of halogens is 2. The predicted octanol–water partition coefficient (Wildman–Crippen LogP) is 7.89. The van der Waals surface area contributed by atoms with Crippen molar-refractivity contribution in [3.05, 3.63) is 110 Å². The Balaban J connectivity index is 0.00000189. The molecular formula is C32H29Cl2N3O4. The summed E-state index contributed by atoms with van der Waals surface area (Å²) in [7, 11) is 1.58. The van der Waals surface area contributed by atoms with E-state index in [0.717, 1.165) is 16.7 Å². The number of carbonyl (C=O) groups excluding carboxylic acids is 1. The molecule has 0 saturated carbocycles. The minimum atomic E-state index is -0.575. The fourth-order valence-electron chi connectivity index (χ4n) is 4.45. The highest BCUT2D eigenvalue weighted by Crippen LogP contribution is 2.39. The van der Waals surface area contributed by atoms with Gasteiger partial charge in [0.2, 0.25) is 5.89 Å². The topological polar surface area (TPSA) is 97.4 Å². The average Bonchev–Trinajstić information content (AvgIpc) is 3.41. The summed E-state index contributed by atoms with van der Waals surface area (Å²) < 4.78 is 7.33. The lowest BCUT2D eigenvalue weighted by Crippen LogP contribution is -2.27. The molecular weight excluding hydrogens is 561 g/mol. The van der Waals surface area contributed by atoms with Gasteiger partial charge in [0.15, 0.2) is 5.58 Å². The Kier molecular flexibility index (Phi) is 9.13. The molecule has 9 heteroatoms. The molecule has 0 aliphatic heterocycles. The molecule has 1 amide bonds. The quantitative estimate of drug-likeness (QED) is 0.210. The zero-order valence-corrected chi connectivity index (χ0v) is 24.6. The van der Waals surface area contributed by atoms with Crippen LogP contribution in [0.5, 0.6) is 0 Å². The molecule has 0 unspecified atom stereocenters. The lowest BCUT2D eigenvalue weighted by molar-refractivity contribution is 0.102. The van der Waals surface area contributed by atoms with Crippen LogP contribution < -0.4 is 10.9 Å². The standard InChI is InChI=1S/C30H23Cl2N3O4.C2H6/c1-4-17-11-22(30(38)35(3)14-17)28(37)33-24-10-6-9-21(26(24)32)19-7-5-8-20(16(19)2)29-34-25-13-18(15-36)12-23(31)27(25)39-29;1-2/h4-14,36H,1,15H2,2-3H3,(H,33,37);1-2H3. The second-order valence-corrected chi connectivity index (χ2v) is 9.79. The first-order valence-electron chi connectivity index (χ1n) is 12.9. The third kappa shape index (κ3) is 5.84. The number of aliphatic hydroxyl groups is 1. The molecule has 0 spiro atoms. The number of nitrogens with zero attached hydrogens (tertiary/aromatic N) is 2. The Hall–Kier alpha value is -4.17. The van der Waals surface area contributed by atoms with Gasteiger partial charge in [-0.25, -0.2) is 4.98 Å². The Morgan fingerprint density at radius 3 is 2.49 bits per heavy atom. The summed E-state index contributed by atoms with van der Waals surface area (Å²) in [5, 5.41) is 12.9. The SMILES string of the molecule is C=Cc1cc(C(=O)Nc2cccc(-c3cccc(-c4nc5cc(CO)cc(Cl)c5o4)c3C)c2Cl)c(=O)n(C)c1.CC. The van der Waals surface area contributed by atoms with Gasteiger partial charge < -0.3 is 19.4 Å². The van der Waals surface area contributed by atoms with Crippen LogP contribution in [0.4, 0.5) is 5.69 Å². The summed E-state index contributed by atoms with van der Waals surface area (Å²) in [5.41, 5.74) is 5.23. The molecule has 0 radical (unpaired) electrons. The highest BCUT2D eigenvalue weighted by molar-refractivity contribution is 6.36. The van der Waals surface area contributed by atoms with Gasteiger partial charge in [0, 0.05) is 24.4 Å². The Morgan fingerprint density at radius 2 is 1.78 bits per heavy atom. The van der Waals surface area contributed by atoms with Gasteiger partial charge in [-0.2, -0.15) is 0 Å². The van der Waals surface area contributed by atoms with Gasteiger partial charge in [-0.05, 0) is 59.5 Å². The number of carbonyl (C=O) groups is 1. The molecule has 0 aliphatic rings. The van der Waals surface area contributed by atoms with E-state index in [2.05, 4.69) is 16.9 Å². The normalized spacial score (nSPS) is 10.7. The van der Waals surface area contributed by atoms with Crippen LogP contribution in [0, 0.1) is 6.92 Å². The van der Waals surface area contributed by atoms with Crippen LogP contribution in [-0.4, -0.2) is 20.6 Å². The van der Waals surface area contributed by atoms with Crippen LogP contribution in [0.25, 0.3) is 39.8 Å². The van der Waals surface area contributed by atoms with E-state index in [4.69, 9.17) is 27.6 Å². The number of aromatic nitrogens is 2. The lowest BCUT2D eigenvalue weighted by atomic mass is 9.96. The van der Waals surface area contributed by atoms with Gasteiger partial charge in [-0.1, -0.05) is 74.0 Å². The number of aryl methyl sites for hydroxylation is 1. The van der Waals surface area contributed by atoms with Crippen LogP contribution in [0.1, 0.15) is 40.9 Å². The fraction of sp³-hybridized carbons (Fsp3) is 0.156. The third-order valence-electron chi connectivity index (χ3n) is 6.47. The molecule has 2 aromatic heterocycles. The van der Waals surface area contributed by atoms with Gasteiger partial charge in [-0.15, -0.1) is 0 Å². The van der Waals surface area contributed by atoms with E-state index in [-0.39, 0.29) is 12.2 Å². The number of aliphatic hydroxyl groups excluding tert-OH is 1. The lowest BCUT2D eigenvalue weighted by Gasteiger charge is -2.14. The number of hydrogen-bond donors (Lipinski definition) is 2. The fourth-order valence-corrected chi connectivity index (χ4v) is 5.00. The molecule has 0 bridgehead atoms. The van der Waals surface area contributed by atoms with Crippen molar-refractivity contribution in [3.8, 4) is 22.6 Å². The molecule has 210 valence electrons. The number of hydrogen-bond acceptors (Lipinski definition) is 5. The van der Waals surface area contributed by atoms with Crippen molar-refractivity contribution in [3.63, 3.8) is 0 Å². The van der Waals surface area contributed by atoms with Crippen LogP contribution in [0.2, 0.25) is 10.0 Å². The van der Waals surface area contributed by atoms with Crippen molar-refractivity contribution in [1.82, 2.24) is 9.55 Å². The van der Waals surface area contributed by atoms with Crippen LogP contribution >= 0.6 is 23.2 Å². The number of amides is 1. The van der Waals surface area contributed by atoms with Crippen molar-refractivity contribution in [2.24, 2.45) is 7.05 Å². The molecule has 41 heavy (non-hydrogen) atoms. The monoisotopic (exact) mass is 589 g/mol. The summed E-state index contributed by atoms with van der Waals surface area (Å²) in [6, 6.07) is 15.8. The second-order valence-electron chi connectivity index (χ2n) is 9.01. The first-order chi connectivity index (χ1) is 19.7.